The van der Waals surface area contributed by atoms with Crippen molar-refractivity contribution in [2.24, 2.45) is 0 Å². The highest BCUT2D eigenvalue weighted by Crippen LogP contribution is 2.09. The van der Waals surface area contributed by atoms with Crippen molar-refractivity contribution in [3.05, 3.63) is 30.1 Å². The molecule has 4 nitrogen and oxygen atoms in total. The molecule has 0 aliphatic heterocycles. The van der Waals surface area contributed by atoms with E-state index in [1.54, 1.807) is 45.3 Å². The number of rotatable bonds is 4. The van der Waals surface area contributed by atoms with Crippen molar-refractivity contribution in [1.29, 1.82) is 0 Å². The molecule has 1 unspecified atom stereocenters. The van der Waals surface area contributed by atoms with Crippen LogP contribution in [0.15, 0.2) is 24.5 Å². The highest BCUT2D eigenvalue weighted by Gasteiger charge is 2.25. The second-order valence-corrected chi connectivity index (χ2v) is 4.48. The van der Waals surface area contributed by atoms with Crippen molar-refractivity contribution in [2.75, 3.05) is 0 Å². The van der Waals surface area contributed by atoms with Gasteiger partial charge in [0.25, 0.3) is 0 Å². The molecule has 0 aliphatic carbocycles. The van der Waals surface area contributed by atoms with E-state index in [0.717, 1.165) is 5.56 Å². The number of carbonyl (C=O) groups is 1. The van der Waals surface area contributed by atoms with Gasteiger partial charge < -0.3 is 10.4 Å². The summed E-state index contributed by atoms with van der Waals surface area (Å²) in [6.07, 6.45) is 3.03. The Morgan fingerprint density at radius 2 is 2.06 bits per heavy atom. The number of aliphatic hydroxyl groups is 1. The number of hydrogen-bond acceptors (Lipinski definition) is 3. The third-order valence-corrected chi connectivity index (χ3v) is 2.62. The Labute approximate surface area is 95.7 Å². The molecule has 2 N–H and O–H groups in total. The van der Waals surface area contributed by atoms with Gasteiger partial charge in [-0.1, -0.05) is 0 Å². The Morgan fingerprint density at radius 1 is 1.50 bits per heavy atom. The van der Waals surface area contributed by atoms with Crippen LogP contribution in [-0.2, 0) is 11.2 Å². The molecule has 1 rings (SSSR count). The summed E-state index contributed by atoms with van der Waals surface area (Å²) in [6, 6.07) is 3.60. The van der Waals surface area contributed by atoms with Crippen LogP contribution < -0.4 is 5.32 Å². The van der Waals surface area contributed by atoms with Gasteiger partial charge >= 0.3 is 0 Å². The molecule has 0 saturated heterocycles. The first kappa shape index (κ1) is 12.6. The van der Waals surface area contributed by atoms with Crippen LogP contribution in [0, 0.1) is 0 Å². The highest BCUT2D eigenvalue weighted by molar-refractivity contribution is 5.79. The van der Waals surface area contributed by atoms with Gasteiger partial charge in [-0.3, -0.25) is 9.78 Å². The maximum absolute atomic E-state index is 11.7. The molecule has 0 radical (unpaired) electrons. The number of pyridine rings is 1. The predicted molar refractivity (Wildman–Crippen MR) is 61.8 cm³/mol. The van der Waals surface area contributed by atoms with Gasteiger partial charge in [0.15, 0.2) is 0 Å². The molecule has 1 amide bonds. The fourth-order valence-corrected chi connectivity index (χ4v) is 1.19. The molecule has 0 spiro atoms. The zero-order chi connectivity index (χ0) is 12.2. The molecule has 4 heteroatoms. The molecule has 0 aliphatic rings. The van der Waals surface area contributed by atoms with Crippen molar-refractivity contribution in [3.63, 3.8) is 0 Å². The van der Waals surface area contributed by atoms with Gasteiger partial charge in [0.2, 0.25) is 5.91 Å². The Kier molecular flexibility index (Phi) is 4.01. The summed E-state index contributed by atoms with van der Waals surface area (Å²) in [7, 11) is 0. The van der Waals surface area contributed by atoms with Gasteiger partial charge in [-0.25, -0.2) is 0 Å². The lowest BCUT2D eigenvalue weighted by atomic mass is 9.98. The molecular formula is C12H18N2O2. The van der Waals surface area contributed by atoms with Crippen LogP contribution in [0.1, 0.15) is 26.3 Å². The smallest absolute Gasteiger partial charge is 0.224 e. The minimum absolute atomic E-state index is 0.0999. The van der Waals surface area contributed by atoms with Gasteiger partial charge in [-0.2, -0.15) is 0 Å². The van der Waals surface area contributed by atoms with Gasteiger partial charge in [-0.15, -0.1) is 0 Å². The van der Waals surface area contributed by atoms with Gasteiger partial charge in [0.05, 0.1) is 18.1 Å². The summed E-state index contributed by atoms with van der Waals surface area (Å²) in [4.78, 5) is 15.6. The van der Waals surface area contributed by atoms with E-state index in [0.29, 0.717) is 6.42 Å². The van der Waals surface area contributed by atoms with E-state index in [2.05, 4.69) is 10.3 Å². The Balaban J connectivity index is 2.55. The Morgan fingerprint density at radius 3 is 2.56 bits per heavy atom. The van der Waals surface area contributed by atoms with E-state index in [9.17, 15) is 9.90 Å². The third-order valence-electron chi connectivity index (χ3n) is 2.62. The lowest BCUT2D eigenvalue weighted by Gasteiger charge is -2.29. The monoisotopic (exact) mass is 222 g/mol. The first-order chi connectivity index (χ1) is 7.42. The predicted octanol–water partition coefficient (Wildman–Crippen LogP) is 0.900. The molecule has 0 aromatic carbocycles. The average Bonchev–Trinajstić information content (AvgIpc) is 2.17. The van der Waals surface area contributed by atoms with E-state index < -0.39 is 11.6 Å². The standard InChI is InChI=1S/C12H18N2O2/c1-9(15)12(2,3)14-11(16)8-10-4-6-13-7-5-10/h4-7,9,15H,8H2,1-3H3,(H,14,16). The molecule has 1 atom stereocenters. The van der Waals surface area contributed by atoms with E-state index in [-0.39, 0.29) is 5.91 Å². The molecule has 88 valence electrons. The number of hydrogen-bond donors (Lipinski definition) is 2. The first-order valence-electron chi connectivity index (χ1n) is 5.30. The fraction of sp³-hybridized carbons (Fsp3) is 0.500. The fourth-order valence-electron chi connectivity index (χ4n) is 1.19. The topological polar surface area (TPSA) is 62.2 Å². The molecule has 1 aromatic heterocycles. The van der Waals surface area contributed by atoms with Crippen LogP contribution in [0.2, 0.25) is 0 Å². The van der Waals surface area contributed by atoms with Gasteiger partial charge in [0, 0.05) is 12.4 Å². The number of aromatic nitrogens is 1. The largest absolute Gasteiger partial charge is 0.391 e. The average molecular weight is 222 g/mol. The van der Waals surface area contributed by atoms with Crippen LogP contribution in [-0.4, -0.2) is 27.6 Å². The van der Waals surface area contributed by atoms with Crippen molar-refractivity contribution in [1.82, 2.24) is 10.3 Å². The number of aliphatic hydroxyl groups excluding tert-OH is 1. The molecule has 1 heterocycles. The van der Waals surface area contributed by atoms with Crippen LogP contribution in [0.3, 0.4) is 0 Å². The summed E-state index contributed by atoms with van der Waals surface area (Å²) < 4.78 is 0. The van der Waals surface area contributed by atoms with Crippen LogP contribution in [0.5, 0.6) is 0 Å². The van der Waals surface area contributed by atoms with Gasteiger partial charge in [0.1, 0.15) is 0 Å². The second-order valence-electron chi connectivity index (χ2n) is 4.48. The zero-order valence-corrected chi connectivity index (χ0v) is 9.90. The van der Waals surface area contributed by atoms with E-state index in [1.807, 2.05) is 0 Å². The zero-order valence-electron chi connectivity index (χ0n) is 9.90. The first-order valence-corrected chi connectivity index (χ1v) is 5.30. The SMILES string of the molecule is CC(O)C(C)(C)NC(=O)Cc1ccncc1. The lowest BCUT2D eigenvalue weighted by molar-refractivity contribution is -0.123. The highest BCUT2D eigenvalue weighted by atomic mass is 16.3. The van der Waals surface area contributed by atoms with Crippen molar-refractivity contribution < 1.29 is 9.90 Å². The van der Waals surface area contributed by atoms with Crippen LogP contribution in [0.4, 0.5) is 0 Å². The third kappa shape index (κ3) is 3.62. The van der Waals surface area contributed by atoms with Crippen molar-refractivity contribution in [3.8, 4) is 0 Å². The number of carbonyl (C=O) groups excluding carboxylic acids is 1. The summed E-state index contributed by atoms with van der Waals surface area (Å²) >= 11 is 0. The Hall–Kier alpha value is -1.42. The minimum Gasteiger partial charge on any atom is -0.391 e. The molecule has 0 saturated carbocycles. The maximum atomic E-state index is 11.7. The molecule has 0 fully saturated rings. The van der Waals surface area contributed by atoms with Crippen molar-refractivity contribution >= 4 is 5.91 Å². The number of nitrogens with one attached hydrogen (secondary N) is 1. The van der Waals surface area contributed by atoms with E-state index >= 15 is 0 Å². The minimum atomic E-state index is -0.607. The maximum Gasteiger partial charge on any atom is 0.224 e. The van der Waals surface area contributed by atoms with Crippen molar-refractivity contribution in [2.45, 2.75) is 38.8 Å². The molecule has 0 bridgehead atoms. The van der Waals surface area contributed by atoms with Crippen LogP contribution in [0.25, 0.3) is 0 Å². The number of nitrogens with zero attached hydrogens (tertiary/aromatic N) is 1. The summed E-state index contributed by atoms with van der Waals surface area (Å²) in [5.41, 5.74) is 0.304. The summed E-state index contributed by atoms with van der Waals surface area (Å²) in [5, 5.41) is 12.3. The van der Waals surface area contributed by atoms with E-state index in [4.69, 9.17) is 0 Å². The quantitative estimate of drug-likeness (QED) is 0.795. The summed E-state index contributed by atoms with van der Waals surface area (Å²) in [5.74, 6) is -0.0999. The molecular weight excluding hydrogens is 204 g/mol. The number of amides is 1. The lowest BCUT2D eigenvalue weighted by Crippen LogP contribution is -2.51. The normalized spacial score (nSPS) is 13.2. The second kappa shape index (κ2) is 5.07. The molecule has 16 heavy (non-hydrogen) atoms. The van der Waals surface area contributed by atoms with Gasteiger partial charge in [-0.05, 0) is 38.5 Å². The summed E-state index contributed by atoms with van der Waals surface area (Å²) in [6.45, 7) is 5.25. The molecule has 1 aromatic rings. The van der Waals surface area contributed by atoms with E-state index in [1.165, 1.54) is 0 Å². The van der Waals surface area contributed by atoms with Crippen LogP contribution >= 0.6 is 0 Å². The Bertz CT molecular complexity index is 347.